The van der Waals surface area contributed by atoms with E-state index in [-0.39, 0.29) is 5.91 Å². The molecule has 1 atom stereocenters. The fraction of sp³-hybridized carbons (Fsp3) is 0.190. The standard InChI is InChI=1S/C21H20N2OS/c1-15-13-16-5-2-3-7-20(16)23(15)18-10-8-17(9-11-18)22-21(24)14-19-6-4-12-25-19/h2-12,15H,13-14H2,1H3,(H,22,24). The second-order valence-electron chi connectivity index (χ2n) is 6.40. The monoisotopic (exact) mass is 348 g/mol. The molecule has 0 fully saturated rings. The molecule has 0 aliphatic carbocycles. The molecule has 2 aromatic carbocycles. The van der Waals surface area contributed by atoms with Crippen LogP contribution in [0.25, 0.3) is 0 Å². The third kappa shape index (κ3) is 3.30. The molecule has 0 spiro atoms. The van der Waals surface area contributed by atoms with Gasteiger partial charge in [0.05, 0.1) is 6.42 Å². The predicted molar refractivity (Wildman–Crippen MR) is 105 cm³/mol. The van der Waals surface area contributed by atoms with Gasteiger partial charge in [-0.1, -0.05) is 24.3 Å². The number of thiophene rings is 1. The molecule has 1 aliphatic heterocycles. The van der Waals surface area contributed by atoms with E-state index in [1.54, 1.807) is 11.3 Å². The minimum Gasteiger partial charge on any atom is -0.338 e. The fourth-order valence-corrected chi connectivity index (χ4v) is 4.14. The van der Waals surface area contributed by atoms with Gasteiger partial charge in [-0.15, -0.1) is 11.3 Å². The van der Waals surface area contributed by atoms with Gasteiger partial charge >= 0.3 is 0 Å². The van der Waals surface area contributed by atoms with Gasteiger partial charge in [0, 0.05) is 28.0 Å². The maximum Gasteiger partial charge on any atom is 0.229 e. The highest BCUT2D eigenvalue weighted by Crippen LogP contribution is 2.38. The number of amides is 1. The summed E-state index contributed by atoms with van der Waals surface area (Å²) in [4.78, 5) is 15.6. The Labute approximate surface area is 151 Å². The van der Waals surface area contributed by atoms with Crippen LogP contribution in [0, 0.1) is 0 Å². The van der Waals surface area contributed by atoms with Gasteiger partial charge in [-0.25, -0.2) is 0 Å². The average molecular weight is 348 g/mol. The molecule has 0 radical (unpaired) electrons. The number of nitrogens with one attached hydrogen (secondary N) is 1. The lowest BCUT2D eigenvalue weighted by atomic mass is 10.1. The van der Waals surface area contributed by atoms with Crippen LogP contribution in [0.3, 0.4) is 0 Å². The first-order valence-electron chi connectivity index (χ1n) is 8.50. The molecule has 4 heteroatoms. The molecule has 3 aromatic rings. The number of anilines is 3. The second kappa shape index (κ2) is 6.73. The van der Waals surface area contributed by atoms with Crippen LogP contribution in [0.5, 0.6) is 0 Å². The minimum atomic E-state index is 0.0232. The van der Waals surface area contributed by atoms with Gasteiger partial charge in [-0.05, 0) is 60.7 Å². The van der Waals surface area contributed by atoms with E-state index in [9.17, 15) is 4.79 Å². The van der Waals surface area contributed by atoms with E-state index >= 15 is 0 Å². The molecule has 1 unspecified atom stereocenters. The first-order valence-corrected chi connectivity index (χ1v) is 9.38. The van der Waals surface area contributed by atoms with Crippen LogP contribution < -0.4 is 10.2 Å². The van der Waals surface area contributed by atoms with Crippen molar-refractivity contribution in [1.29, 1.82) is 0 Å². The van der Waals surface area contributed by atoms with E-state index in [4.69, 9.17) is 0 Å². The molecular weight excluding hydrogens is 328 g/mol. The van der Waals surface area contributed by atoms with Crippen molar-refractivity contribution < 1.29 is 4.79 Å². The summed E-state index contributed by atoms with van der Waals surface area (Å²) in [6.07, 6.45) is 1.49. The van der Waals surface area contributed by atoms with Gasteiger partial charge in [0.2, 0.25) is 5.91 Å². The van der Waals surface area contributed by atoms with Crippen molar-refractivity contribution in [3.8, 4) is 0 Å². The summed E-state index contributed by atoms with van der Waals surface area (Å²) in [6, 6.07) is 21.1. The molecular formula is C21H20N2OS. The maximum absolute atomic E-state index is 12.1. The molecule has 0 bridgehead atoms. The molecule has 0 saturated heterocycles. The molecule has 25 heavy (non-hydrogen) atoms. The van der Waals surface area contributed by atoms with Crippen molar-refractivity contribution >= 4 is 34.3 Å². The Bertz CT molecular complexity index is 871. The number of fused-ring (bicyclic) bond motifs is 1. The summed E-state index contributed by atoms with van der Waals surface area (Å²) < 4.78 is 0. The predicted octanol–water partition coefficient (Wildman–Crippen LogP) is 5.01. The third-order valence-electron chi connectivity index (χ3n) is 4.55. The van der Waals surface area contributed by atoms with E-state index in [0.717, 1.165) is 22.7 Å². The number of nitrogens with zero attached hydrogens (tertiary/aromatic N) is 1. The first-order chi connectivity index (χ1) is 12.2. The normalized spacial score (nSPS) is 15.9. The highest BCUT2D eigenvalue weighted by Gasteiger charge is 2.26. The van der Waals surface area contributed by atoms with Crippen molar-refractivity contribution in [2.75, 3.05) is 10.2 Å². The lowest BCUT2D eigenvalue weighted by Gasteiger charge is -2.25. The average Bonchev–Trinajstić information content (AvgIpc) is 3.22. The fourth-order valence-electron chi connectivity index (χ4n) is 3.44. The van der Waals surface area contributed by atoms with Gasteiger partial charge in [0.25, 0.3) is 0 Å². The number of para-hydroxylation sites is 1. The summed E-state index contributed by atoms with van der Waals surface area (Å²) in [5.74, 6) is 0.0232. The summed E-state index contributed by atoms with van der Waals surface area (Å²) in [5, 5.41) is 4.97. The van der Waals surface area contributed by atoms with Crippen LogP contribution in [0.1, 0.15) is 17.4 Å². The van der Waals surface area contributed by atoms with Crippen LogP contribution in [0.15, 0.2) is 66.0 Å². The Morgan fingerprint density at radius 1 is 1.12 bits per heavy atom. The zero-order valence-electron chi connectivity index (χ0n) is 14.1. The van der Waals surface area contributed by atoms with Crippen LogP contribution in [0.2, 0.25) is 0 Å². The zero-order valence-corrected chi connectivity index (χ0v) is 14.9. The van der Waals surface area contributed by atoms with Crippen molar-refractivity contribution in [3.63, 3.8) is 0 Å². The maximum atomic E-state index is 12.1. The molecule has 4 rings (SSSR count). The van der Waals surface area contributed by atoms with Gasteiger partial charge in [-0.2, -0.15) is 0 Å². The Balaban J connectivity index is 1.48. The molecule has 1 N–H and O–H groups in total. The SMILES string of the molecule is CC1Cc2ccccc2N1c1ccc(NC(=O)Cc2cccs2)cc1. The molecule has 2 heterocycles. The van der Waals surface area contributed by atoms with Gasteiger partial charge in [0.1, 0.15) is 0 Å². The lowest BCUT2D eigenvalue weighted by Crippen LogP contribution is -2.23. The number of benzene rings is 2. The Hall–Kier alpha value is -2.59. The summed E-state index contributed by atoms with van der Waals surface area (Å²) in [7, 11) is 0. The highest BCUT2D eigenvalue weighted by atomic mass is 32.1. The number of hydrogen-bond acceptors (Lipinski definition) is 3. The van der Waals surface area contributed by atoms with Crippen molar-refractivity contribution in [1.82, 2.24) is 0 Å². The summed E-state index contributed by atoms with van der Waals surface area (Å²) in [5.41, 5.74) is 4.67. The van der Waals surface area contributed by atoms with Crippen LogP contribution in [-0.2, 0) is 17.6 Å². The van der Waals surface area contributed by atoms with E-state index in [0.29, 0.717) is 12.5 Å². The second-order valence-corrected chi connectivity index (χ2v) is 7.44. The smallest absolute Gasteiger partial charge is 0.229 e. The quantitative estimate of drug-likeness (QED) is 0.718. The van der Waals surface area contributed by atoms with Crippen molar-refractivity contribution in [2.45, 2.75) is 25.8 Å². The Morgan fingerprint density at radius 3 is 2.68 bits per heavy atom. The van der Waals surface area contributed by atoms with Gasteiger partial charge in [-0.3, -0.25) is 4.79 Å². The highest BCUT2D eigenvalue weighted by molar-refractivity contribution is 7.10. The molecule has 1 aromatic heterocycles. The van der Waals surface area contributed by atoms with E-state index in [1.807, 2.05) is 29.6 Å². The van der Waals surface area contributed by atoms with Gasteiger partial charge in [0.15, 0.2) is 0 Å². The lowest BCUT2D eigenvalue weighted by molar-refractivity contribution is -0.115. The molecule has 1 aliphatic rings. The number of hydrogen-bond donors (Lipinski definition) is 1. The zero-order chi connectivity index (χ0) is 17.2. The van der Waals surface area contributed by atoms with E-state index < -0.39 is 0 Å². The largest absolute Gasteiger partial charge is 0.338 e. The molecule has 126 valence electrons. The number of rotatable bonds is 4. The molecule has 1 amide bonds. The Morgan fingerprint density at radius 2 is 1.92 bits per heavy atom. The summed E-state index contributed by atoms with van der Waals surface area (Å²) in [6.45, 7) is 2.25. The van der Waals surface area contributed by atoms with Gasteiger partial charge < -0.3 is 10.2 Å². The van der Waals surface area contributed by atoms with Crippen LogP contribution in [-0.4, -0.2) is 11.9 Å². The molecule has 0 saturated carbocycles. The summed E-state index contributed by atoms with van der Waals surface area (Å²) >= 11 is 1.61. The number of carbonyl (C=O) groups excluding carboxylic acids is 1. The van der Waals surface area contributed by atoms with Crippen molar-refractivity contribution in [2.24, 2.45) is 0 Å². The van der Waals surface area contributed by atoms with Crippen LogP contribution in [0.4, 0.5) is 17.1 Å². The van der Waals surface area contributed by atoms with E-state index in [1.165, 1.54) is 11.3 Å². The topological polar surface area (TPSA) is 32.3 Å². The van der Waals surface area contributed by atoms with Crippen LogP contribution >= 0.6 is 11.3 Å². The minimum absolute atomic E-state index is 0.0232. The molecule has 3 nitrogen and oxygen atoms in total. The van der Waals surface area contributed by atoms with E-state index in [2.05, 4.69) is 53.5 Å². The van der Waals surface area contributed by atoms with Crippen molar-refractivity contribution in [3.05, 3.63) is 76.5 Å². The Kier molecular flexibility index (Phi) is 4.28. The first kappa shape index (κ1) is 15.9. The number of carbonyl (C=O) groups is 1. The third-order valence-corrected chi connectivity index (χ3v) is 5.43.